The molecule has 0 saturated heterocycles. The Morgan fingerprint density at radius 1 is 1.02 bits per heavy atom. The molecule has 0 bridgehead atoms. The minimum Gasteiger partial charge on any atom is -0.497 e. The van der Waals surface area contributed by atoms with Gasteiger partial charge in [0, 0.05) is 24.4 Å². The third-order valence-electron chi connectivity index (χ3n) is 6.86. The van der Waals surface area contributed by atoms with Crippen LogP contribution in [0.4, 0.5) is 10.8 Å². The fraction of sp³-hybridized carbons (Fsp3) is 0.167. The van der Waals surface area contributed by atoms with Gasteiger partial charge in [0.1, 0.15) is 5.75 Å². The predicted molar refractivity (Wildman–Crippen MR) is 157 cm³/mol. The summed E-state index contributed by atoms with van der Waals surface area (Å²) in [6.45, 7) is 0.627. The molecule has 2 aromatic heterocycles. The molecular weight excluding hydrogens is 544 g/mol. The lowest BCUT2D eigenvalue weighted by atomic mass is 10.0. The van der Waals surface area contributed by atoms with Crippen molar-refractivity contribution in [2.24, 2.45) is 0 Å². The number of nitrogens with zero attached hydrogens (tertiary/aromatic N) is 4. The van der Waals surface area contributed by atoms with Gasteiger partial charge in [-0.15, -0.1) is 0 Å². The van der Waals surface area contributed by atoms with Gasteiger partial charge in [-0.2, -0.15) is 0 Å². The van der Waals surface area contributed by atoms with Gasteiger partial charge in [0.05, 0.1) is 40.1 Å². The fourth-order valence-corrected chi connectivity index (χ4v) is 7.30. The number of hydrogen-bond acceptors (Lipinski definition) is 7. The lowest BCUT2D eigenvalue weighted by Crippen LogP contribution is -2.35. The maximum absolute atomic E-state index is 13.9. The lowest BCUT2D eigenvalue weighted by molar-refractivity contribution is 0.0984. The number of methoxy groups -OCH3 is 1. The molecule has 0 unspecified atom stereocenters. The average Bonchev–Trinajstić information content (AvgIpc) is 3.43. The molecule has 0 atom stereocenters. The first-order valence-corrected chi connectivity index (χ1v) is 15.1. The van der Waals surface area contributed by atoms with Crippen molar-refractivity contribution in [1.82, 2.24) is 9.97 Å². The van der Waals surface area contributed by atoms with Crippen LogP contribution in [0, 0.1) is 0 Å². The van der Waals surface area contributed by atoms with Crippen LogP contribution in [0.3, 0.4) is 0 Å². The first-order chi connectivity index (χ1) is 19.4. The second-order valence-electron chi connectivity index (χ2n) is 9.38. The van der Waals surface area contributed by atoms with Crippen molar-refractivity contribution >= 4 is 48.3 Å². The number of sulfonamides is 1. The van der Waals surface area contributed by atoms with Crippen LogP contribution >= 0.6 is 11.3 Å². The van der Waals surface area contributed by atoms with Crippen LogP contribution in [-0.2, 0) is 23.0 Å². The van der Waals surface area contributed by atoms with Crippen molar-refractivity contribution < 1.29 is 17.9 Å². The zero-order valence-electron chi connectivity index (χ0n) is 21.7. The fourth-order valence-electron chi connectivity index (χ4n) is 4.82. The summed E-state index contributed by atoms with van der Waals surface area (Å²) >= 11 is 1.39. The van der Waals surface area contributed by atoms with Crippen LogP contribution in [0.15, 0.2) is 96.0 Å². The van der Waals surface area contributed by atoms with Crippen molar-refractivity contribution in [2.75, 3.05) is 22.9 Å². The van der Waals surface area contributed by atoms with E-state index in [4.69, 9.17) is 9.72 Å². The molecule has 1 aliphatic rings. The Balaban J connectivity index is 1.33. The van der Waals surface area contributed by atoms with Gasteiger partial charge >= 0.3 is 0 Å². The Bertz CT molecular complexity index is 1790. The van der Waals surface area contributed by atoms with Crippen molar-refractivity contribution in [3.05, 3.63) is 108 Å². The molecule has 3 heterocycles. The number of fused-ring (bicyclic) bond motifs is 2. The summed E-state index contributed by atoms with van der Waals surface area (Å²) in [4.78, 5) is 24.7. The van der Waals surface area contributed by atoms with E-state index in [9.17, 15) is 13.2 Å². The maximum atomic E-state index is 13.9. The van der Waals surface area contributed by atoms with E-state index in [2.05, 4.69) is 4.98 Å². The molecule has 0 fully saturated rings. The Hall–Kier alpha value is -4.28. The topological polar surface area (TPSA) is 92.7 Å². The average molecular weight is 571 g/mol. The molecule has 40 heavy (non-hydrogen) atoms. The predicted octanol–water partition coefficient (Wildman–Crippen LogP) is 5.69. The van der Waals surface area contributed by atoms with Gasteiger partial charge in [-0.3, -0.25) is 19.0 Å². The molecule has 5 aromatic rings. The van der Waals surface area contributed by atoms with Crippen LogP contribution in [0.5, 0.6) is 5.75 Å². The highest BCUT2D eigenvalue weighted by atomic mass is 32.2. The maximum Gasteiger partial charge on any atom is 0.264 e. The first-order valence-electron chi connectivity index (χ1n) is 12.8. The number of carbonyl (C=O) groups excluding carboxylic acids is 1. The van der Waals surface area contributed by atoms with Gasteiger partial charge in [0.25, 0.3) is 15.9 Å². The normalized spacial score (nSPS) is 13.2. The van der Waals surface area contributed by atoms with Crippen LogP contribution in [-0.4, -0.2) is 37.9 Å². The number of aromatic nitrogens is 2. The summed E-state index contributed by atoms with van der Waals surface area (Å²) in [6, 6.07) is 24.8. The Labute approximate surface area is 236 Å². The first kappa shape index (κ1) is 26.0. The Morgan fingerprint density at radius 3 is 2.60 bits per heavy atom. The third kappa shape index (κ3) is 4.91. The second kappa shape index (κ2) is 10.7. The summed E-state index contributed by atoms with van der Waals surface area (Å²) in [7, 11) is -2.19. The van der Waals surface area contributed by atoms with E-state index in [0.29, 0.717) is 34.4 Å². The lowest BCUT2D eigenvalue weighted by Gasteiger charge is -2.30. The molecule has 0 N–H and O–H groups in total. The number of anilines is 2. The van der Waals surface area contributed by atoms with Gasteiger partial charge in [-0.25, -0.2) is 13.4 Å². The minimum atomic E-state index is -3.79. The van der Waals surface area contributed by atoms with Crippen molar-refractivity contribution in [2.45, 2.75) is 24.3 Å². The van der Waals surface area contributed by atoms with E-state index in [-0.39, 0.29) is 17.3 Å². The zero-order chi connectivity index (χ0) is 27.7. The van der Waals surface area contributed by atoms with Gasteiger partial charge in [-0.05, 0) is 73.0 Å². The van der Waals surface area contributed by atoms with Gasteiger partial charge in [0.15, 0.2) is 5.13 Å². The number of thiazole rings is 1. The van der Waals surface area contributed by atoms with E-state index >= 15 is 0 Å². The number of pyridine rings is 1. The Morgan fingerprint density at radius 2 is 1.82 bits per heavy atom. The second-order valence-corrected chi connectivity index (χ2v) is 12.2. The van der Waals surface area contributed by atoms with Crippen LogP contribution in [0.25, 0.3) is 10.2 Å². The molecule has 1 aliphatic heterocycles. The SMILES string of the molecule is COc1ccc2sc(N(Cc3ccccn3)C(=O)c3ccc(S(=O)(=O)N4CCCc5ccccc54)cc3)nc2c1. The number of rotatable bonds is 7. The quantitative estimate of drug-likeness (QED) is 0.250. The van der Waals surface area contributed by atoms with Crippen molar-refractivity contribution in [3.8, 4) is 5.75 Å². The monoisotopic (exact) mass is 570 g/mol. The number of para-hydroxylation sites is 1. The molecule has 0 aliphatic carbocycles. The highest BCUT2D eigenvalue weighted by molar-refractivity contribution is 7.92. The molecular formula is C30H26N4O4S2. The van der Waals surface area contributed by atoms with Crippen LogP contribution in [0.2, 0.25) is 0 Å². The summed E-state index contributed by atoms with van der Waals surface area (Å²) in [6.07, 6.45) is 3.28. The minimum absolute atomic E-state index is 0.143. The number of hydrogen-bond donors (Lipinski definition) is 0. The van der Waals surface area contributed by atoms with E-state index in [1.807, 2.05) is 60.7 Å². The summed E-state index contributed by atoms with van der Waals surface area (Å²) < 4.78 is 34.9. The van der Waals surface area contributed by atoms with E-state index in [1.165, 1.54) is 27.8 Å². The molecule has 202 valence electrons. The van der Waals surface area contributed by atoms with Crippen molar-refractivity contribution in [1.29, 1.82) is 0 Å². The largest absolute Gasteiger partial charge is 0.497 e. The molecule has 0 saturated carbocycles. The molecule has 6 rings (SSSR count). The molecule has 1 amide bonds. The highest BCUT2D eigenvalue weighted by Crippen LogP contribution is 2.34. The van der Waals surface area contributed by atoms with Gasteiger partial charge in [-0.1, -0.05) is 35.6 Å². The number of ether oxygens (including phenoxy) is 1. The standard InChI is InChI=1S/C30H26N4O4S2/c1-38-24-13-16-28-26(19-24)32-30(39-28)33(20-23-9-4-5-17-31-23)29(35)22-11-14-25(15-12-22)40(36,37)34-18-6-8-21-7-2-3-10-27(21)34/h2-5,7,9-17,19H,6,8,18,20H2,1H3. The summed E-state index contributed by atoms with van der Waals surface area (Å²) in [5.41, 5.74) is 3.51. The van der Waals surface area contributed by atoms with Gasteiger partial charge < -0.3 is 4.74 Å². The number of carbonyl (C=O) groups is 1. The smallest absolute Gasteiger partial charge is 0.264 e. The number of aryl methyl sites for hydroxylation is 1. The van der Waals surface area contributed by atoms with E-state index in [0.717, 1.165) is 28.6 Å². The summed E-state index contributed by atoms with van der Waals surface area (Å²) in [5, 5.41) is 0.514. The van der Waals surface area contributed by atoms with Gasteiger partial charge in [0.2, 0.25) is 0 Å². The van der Waals surface area contributed by atoms with E-state index in [1.54, 1.807) is 30.3 Å². The molecule has 10 heteroatoms. The number of amides is 1. The summed E-state index contributed by atoms with van der Waals surface area (Å²) in [5.74, 6) is 0.379. The van der Waals surface area contributed by atoms with Crippen LogP contribution < -0.4 is 13.9 Å². The molecule has 8 nitrogen and oxygen atoms in total. The Kier molecular flexibility index (Phi) is 6.95. The van der Waals surface area contributed by atoms with Crippen LogP contribution in [0.1, 0.15) is 28.0 Å². The highest BCUT2D eigenvalue weighted by Gasteiger charge is 2.29. The van der Waals surface area contributed by atoms with E-state index < -0.39 is 10.0 Å². The molecule has 3 aromatic carbocycles. The third-order valence-corrected chi connectivity index (χ3v) is 9.75. The number of benzene rings is 3. The van der Waals surface area contributed by atoms with Crippen molar-refractivity contribution in [3.63, 3.8) is 0 Å². The molecule has 0 spiro atoms. The molecule has 0 radical (unpaired) electrons. The zero-order valence-corrected chi connectivity index (χ0v) is 23.4.